The van der Waals surface area contributed by atoms with Gasteiger partial charge in [0.1, 0.15) is 18.5 Å². The molecule has 2 aliphatic heterocycles. The van der Waals surface area contributed by atoms with Gasteiger partial charge in [0, 0.05) is 30.4 Å². The number of aromatic nitrogens is 5. The van der Waals surface area contributed by atoms with E-state index in [-0.39, 0.29) is 17.4 Å². The summed E-state index contributed by atoms with van der Waals surface area (Å²) in [5.41, 5.74) is 2.99. The van der Waals surface area contributed by atoms with E-state index in [1.54, 1.807) is 6.07 Å². The minimum absolute atomic E-state index is 0.258. The summed E-state index contributed by atoms with van der Waals surface area (Å²) in [4.78, 5) is 32.6. The van der Waals surface area contributed by atoms with E-state index in [2.05, 4.69) is 35.7 Å². The monoisotopic (exact) mass is 551 g/mol. The Hall–Kier alpha value is -5.50. The fraction of sp³-hybridized carbons (Fsp3) is 0.185. The second-order valence-corrected chi connectivity index (χ2v) is 9.03. The Morgan fingerprint density at radius 1 is 1.07 bits per heavy atom. The number of amidine groups is 1. The van der Waals surface area contributed by atoms with Crippen LogP contribution in [0, 0.1) is 10.8 Å². The van der Waals surface area contributed by atoms with Crippen molar-refractivity contribution in [1.29, 1.82) is 10.8 Å². The maximum absolute atomic E-state index is 13.1. The summed E-state index contributed by atoms with van der Waals surface area (Å²) in [6.07, 6.45) is 3.09. The standard InChI is InChI=1S/C27H25N11O3/c28-22(19-14-31-27(38-16-30-15-32-38)36-24(19)37-10-12-40-13-11-37)41-26(29)35-23-25(39)33-20-9-5-4-8-18(20)21(34-23)17-6-2-1-3-7-17/h1-9,14-16,23,28H,10-13H2,(H2,29,35)(H,33,39)/t23-/m1/s1. The smallest absolute Gasteiger partial charge is 0.290 e. The molecular weight excluding hydrogens is 526 g/mol. The molecule has 0 unspecified atom stereocenters. The second kappa shape index (κ2) is 11.3. The number of para-hydroxylation sites is 1. The van der Waals surface area contributed by atoms with Crippen molar-refractivity contribution in [1.82, 2.24) is 30.0 Å². The zero-order chi connectivity index (χ0) is 28.2. The van der Waals surface area contributed by atoms with Crippen molar-refractivity contribution in [3.05, 3.63) is 90.1 Å². The highest BCUT2D eigenvalue weighted by atomic mass is 16.5. The highest BCUT2D eigenvalue weighted by Crippen LogP contribution is 2.24. The molecule has 1 fully saturated rings. The molecule has 4 heterocycles. The molecule has 0 radical (unpaired) electrons. The maximum atomic E-state index is 13.1. The fourth-order valence-electron chi connectivity index (χ4n) is 4.45. The summed E-state index contributed by atoms with van der Waals surface area (Å²) in [6.45, 7) is 2.08. The Kier molecular flexibility index (Phi) is 7.11. The molecule has 14 nitrogen and oxygen atoms in total. The number of hydrogen-bond donors (Lipinski definition) is 4. The predicted octanol–water partition coefficient (Wildman–Crippen LogP) is 1.58. The van der Waals surface area contributed by atoms with Gasteiger partial charge in [0.15, 0.2) is 0 Å². The Morgan fingerprint density at radius 3 is 2.63 bits per heavy atom. The molecule has 0 aliphatic carbocycles. The molecule has 2 aromatic carbocycles. The quantitative estimate of drug-likeness (QED) is 0.212. The summed E-state index contributed by atoms with van der Waals surface area (Å²) in [5, 5.41) is 26.7. The number of carbonyl (C=O) groups is 1. The Balaban J connectivity index is 1.25. The highest BCUT2D eigenvalue weighted by molar-refractivity contribution is 6.19. The van der Waals surface area contributed by atoms with E-state index < -0.39 is 18.1 Å². The first-order valence-corrected chi connectivity index (χ1v) is 12.8. The molecule has 14 heteroatoms. The van der Waals surface area contributed by atoms with Crippen LogP contribution >= 0.6 is 0 Å². The number of aliphatic imine (C=N–C) groups is 1. The third-order valence-electron chi connectivity index (χ3n) is 6.40. The lowest BCUT2D eigenvalue weighted by Crippen LogP contribution is -2.43. The van der Waals surface area contributed by atoms with Gasteiger partial charge >= 0.3 is 0 Å². The molecule has 0 spiro atoms. The van der Waals surface area contributed by atoms with Crippen LogP contribution in [0.2, 0.25) is 0 Å². The van der Waals surface area contributed by atoms with E-state index in [0.29, 0.717) is 43.5 Å². The van der Waals surface area contributed by atoms with Gasteiger partial charge in [-0.1, -0.05) is 48.5 Å². The van der Waals surface area contributed by atoms with Gasteiger partial charge in [-0.25, -0.2) is 15.0 Å². The van der Waals surface area contributed by atoms with Gasteiger partial charge in [-0.3, -0.25) is 15.6 Å². The van der Waals surface area contributed by atoms with Crippen molar-refractivity contribution in [3.8, 4) is 5.95 Å². The first-order valence-electron chi connectivity index (χ1n) is 12.8. The van der Waals surface area contributed by atoms with Crippen molar-refractivity contribution >= 4 is 35.0 Å². The van der Waals surface area contributed by atoms with E-state index in [1.165, 1.54) is 23.5 Å². The van der Waals surface area contributed by atoms with Crippen LogP contribution in [0.15, 0.2) is 78.4 Å². The maximum Gasteiger partial charge on any atom is 0.290 e. The topological polar surface area (TPSA) is 179 Å². The third-order valence-corrected chi connectivity index (χ3v) is 6.40. The van der Waals surface area contributed by atoms with Crippen LogP contribution in [0.1, 0.15) is 16.7 Å². The fourth-order valence-corrected chi connectivity index (χ4v) is 4.45. The highest BCUT2D eigenvalue weighted by Gasteiger charge is 2.28. The number of rotatable bonds is 5. The molecule has 2 aliphatic rings. The number of benzodiazepines with no additional fused rings is 1. The van der Waals surface area contributed by atoms with Crippen LogP contribution in [0.3, 0.4) is 0 Å². The van der Waals surface area contributed by atoms with Gasteiger partial charge in [0.25, 0.3) is 17.9 Å². The Bertz CT molecular complexity index is 1620. The summed E-state index contributed by atoms with van der Waals surface area (Å²) in [5.74, 6) is -0.152. The number of benzene rings is 2. The number of ether oxygens (including phenoxy) is 2. The average Bonchev–Trinajstić information content (AvgIpc) is 3.51. The van der Waals surface area contributed by atoms with Gasteiger partial charge < -0.3 is 25.0 Å². The molecule has 4 N–H and O–H groups in total. The number of nitrogens with one attached hydrogen (secondary N) is 4. The molecule has 6 rings (SSSR count). The van der Waals surface area contributed by atoms with Crippen LogP contribution in [0.4, 0.5) is 11.5 Å². The first-order chi connectivity index (χ1) is 20.1. The largest absolute Gasteiger partial charge is 0.407 e. The van der Waals surface area contributed by atoms with Crippen molar-refractivity contribution < 1.29 is 14.3 Å². The molecule has 1 saturated heterocycles. The molecule has 4 aromatic rings. The summed E-state index contributed by atoms with van der Waals surface area (Å²) in [7, 11) is 0. The second-order valence-electron chi connectivity index (χ2n) is 9.03. The van der Waals surface area contributed by atoms with Gasteiger partial charge in [0.2, 0.25) is 12.1 Å². The average molecular weight is 552 g/mol. The SMILES string of the molecule is N=C(N[C@H]1N=C(c2ccccc2)c2ccccc2NC1=O)OC(=N)c1cnc(-n2cncn2)nc1N1CCOCC1. The van der Waals surface area contributed by atoms with Crippen LogP contribution in [0.5, 0.6) is 0 Å². The lowest BCUT2D eigenvalue weighted by Gasteiger charge is -2.29. The number of fused-ring (bicyclic) bond motifs is 1. The van der Waals surface area contributed by atoms with Crippen molar-refractivity contribution in [2.75, 3.05) is 36.5 Å². The normalized spacial score (nSPS) is 16.6. The number of anilines is 2. The number of hydrogen-bond acceptors (Lipinski definition) is 11. The zero-order valence-corrected chi connectivity index (χ0v) is 21.7. The number of nitrogens with zero attached hydrogens (tertiary/aromatic N) is 7. The van der Waals surface area contributed by atoms with Crippen molar-refractivity contribution in [2.45, 2.75) is 6.17 Å². The molecule has 2 aromatic heterocycles. The zero-order valence-electron chi connectivity index (χ0n) is 21.7. The van der Waals surface area contributed by atoms with Gasteiger partial charge in [-0.15, -0.1) is 0 Å². The third kappa shape index (κ3) is 5.49. The van der Waals surface area contributed by atoms with Gasteiger partial charge in [-0.05, 0) is 6.07 Å². The van der Waals surface area contributed by atoms with E-state index in [0.717, 1.165) is 11.1 Å². The van der Waals surface area contributed by atoms with E-state index in [1.807, 2.05) is 53.4 Å². The molecule has 41 heavy (non-hydrogen) atoms. The Morgan fingerprint density at radius 2 is 1.85 bits per heavy atom. The molecule has 0 saturated carbocycles. The van der Waals surface area contributed by atoms with Gasteiger partial charge in [0.05, 0.1) is 30.2 Å². The summed E-state index contributed by atoms with van der Waals surface area (Å²) >= 11 is 0. The number of morpholine rings is 1. The minimum atomic E-state index is -1.19. The van der Waals surface area contributed by atoms with Crippen molar-refractivity contribution in [3.63, 3.8) is 0 Å². The molecule has 1 atom stereocenters. The van der Waals surface area contributed by atoms with Crippen LogP contribution in [-0.4, -0.2) is 80.7 Å². The summed E-state index contributed by atoms with van der Waals surface area (Å²) in [6, 6.07) is 16.3. The minimum Gasteiger partial charge on any atom is -0.407 e. The Labute approximate surface area is 234 Å². The van der Waals surface area contributed by atoms with Crippen LogP contribution in [-0.2, 0) is 14.3 Å². The van der Waals surface area contributed by atoms with Crippen LogP contribution in [0.25, 0.3) is 5.95 Å². The van der Waals surface area contributed by atoms with E-state index in [4.69, 9.17) is 20.3 Å². The molecule has 1 amide bonds. The summed E-state index contributed by atoms with van der Waals surface area (Å²) < 4.78 is 12.4. The molecule has 0 bridgehead atoms. The predicted molar refractivity (Wildman–Crippen MR) is 150 cm³/mol. The lowest BCUT2D eigenvalue weighted by molar-refractivity contribution is -0.117. The number of amides is 1. The molecule has 206 valence electrons. The number of carbonyl (C=O) groups excluding carboxylic acids is 1. The lowest BCUT2D eigenvalue weighted by atomic mass is 10.0. The molecular formula is C27H25N11O3. The van der Waals surface area contributed by atoms with E-state index >= 15 is 0 Å². The first kappa shape index (κ1) is 25.8. The van der Waals surface area contributed by atoms with Gasteiger partial charge in [-0.2, -0.15) is 14.8 Å². The van der Waals surface area contributed by atoms with Crippen molar-refractivity contribution in [2.24, 2.45) is 4.99 Å². The van der Waals surface area contributed by atoms with E-state index in [9.17, 15) is 4.79 Å². The van der Waals surface area contributed by atoms with Crippen LogP contribution < -0.4 is 15.5 Å².